The van der Waals surface area contributed by atoms with E-state index in [1.165, 1.54) is 32.1 Å². The van der Waals surface area contributed by atoms with Crippen molar-refractivity contribution in [2.45, 2.75) is 70.6 Å². The summed E-state index contributed by atoms with van der Waals surface area (Å²) in [4.78, 5) is 11.6. The van der Waals surface area contributed by atoms with Crippen molar-refractivity contribution in [3.8, 4) is 0 Å². The van der Waals surface area contributed by atoms with Gasteiger partial charge in [0.15, 0.2) is 0 Å². The van der Waals surface area contributed by atoms with E-state index in [0.717, 1.165) is 6.54 Å². The zero-order valence-corrected chi connectivity index (χ0v) is 11.8. The Balaban J connectivity index is 1.72. The van der Waals surface area contributed by atoms with Crippen LogP contribution in [0.1, 0.15) is 52.9 Å². The maximum Gasteiger partial charge on any atom is 0.407 e. The molecule has 2 bridgehead atoms. The number of rotatable bonds is 2. The molecule has 0 aromatic rings. The smallest absolute Gasteiger partial charge is 0.407 e. The number of hydrogen-bond donors (Lipinski definition) is 2. The number of fused-ring (bicyclic) bond motifs is 2. The molecule has 2 aliphatic heterocycles. The lowest BCUT2D eigenvalue weighted by Gasteiger charge is -2.40. The SMILES string of the molecule is CC(C)(C)OC(=O)NCC1C[C@H]2CCC[C@@H](C1)N2. The molecule has 4 nitrogen and oxygen atoms in total. The molecule has 0 aliphatic carbocycles. The summed E-state index contributed by atoms with van der Waals surface area (Å²) < 4.78 is 5.26. The van der Waals surface area contributed by atoms with Gasteiger partial charge in [0.05, 0.1) is 0 Å². The zero-order chi connectivity index (χ0) is 13.2. The first-order valence-corrected chi connectivity index (χ1v) is 7.15. The van der Waals surface area contributed by atoms with Crippen LogP contribution in [-0.2, 0) is 4.74 Å². The molecule has 0 aromatic carbocycles. The number of alkyl carbamates (subject to hydrolysis) is 1. The van der Waals surface area contributed by atoms with Gasteiger partial charge in [-0.05, 0) is 52.4 Å². The monoisotopic (exact) mass is 254 g/mol. The number of hydrogen-bond acceptors (Lipinski definition) is 3. The second-order valence-corrected chi connectivity index (χ2v) is 6.71. The van der Waals surface area contributed by atoms with E-state index in [-0.39, 0.29) is 6.09 Å². The summed E-state index contributed by atoms with van der Waals surface area (Å²) >= 11 is 0. The molecule has 0 saturated carbocycles. The maximum absolute atomic E-state index is 11.6. The van der Waals surface area contributed by atoms with Gasteiger partial charge in [0, 0.05) is 18.6 Å². The standard InChI is InChI=1S/C14H26N2O2/c1-14(2,3)18-13(17)15-9-10-7-11-5-4-6-12(8-10)16-11/h10-12,16H,4-9H2,1-3H3,(H,15,17)/t10?,11-,12+. The Bertz CT molecular complexity index is 287. The Morgan fingerprint density at radius 2 is 1.89 bits per heavy atom. The minimum Gasteiger partial charge on any atom is -0.444 e. The molecule has 0 aromatic heterocycles. The lowest BCUT2D eigenvalue weighted by molar-refractivity contribution is 0.0507. The van der Waals surface area contributed by atoms with Gasteiger partial charge in [-0.2, -0.15) is 0 Å². The molecule has 0 spiro atoms. The van der Waals surface area contributed by atoms with E-state index in [1.54, 1.807) is 0 Å². The van der Waals surface area contributed by atoms with E-state index in [1.807, 2.05) is 20.8 Å². The van der Waals surface area contributed by atoms with Crippen LogP contribution < -0.4 is 10.6 Å². The van der Waals surface area contributed by atoms with E-state index in [9.17, 15) is 4.79 Å². The highest BCUT2D eigenvalue weighted by Crippen LogP contribution is 2.29. The summed E-state index contributed by atoms with van der Waals surface area (Å²) in [5, 5.41) is 6.57. The number of ether oxygens (including phenoxy) is 1. The lowest BCUT2D eigenvalue weighted by atomic mass is 9.80. The predicted octanol–water partition coefficient (Wildman–Crippen LogP) is 2.43. The number of piperidine rings is 2. The first kappa shape index (κ1) is 13.7. The molecular weight excluding hydrogens is 228 g/mol. The lowest BCUT2D eigenvalue weighted by Crippen LogP contribution is -2.50. The van der Waals surface area contributed by atoms with Gasteiger partial charge in [-0.15, -0.1) is 0 Å². The second kappa shape index (κ2) is 5.47. The molecule has 2 N–H and O–H groups in total. The molecule has 18 heavy (non-hydrogen) atoms. The Hall–Kier alpha value is -0.770. The van der Waals surface area contributed by atoms with Gasteiger partial charge >= 0.3 is 6.09 Å². The van der Waals surface area contributed by atoms with Gasteiger partial charge in [-0.1, -0.05) is 6.42 Å². The molecule has 0 radical (unpaired) electrons. The van der Waals surface area contributed by atoms with Gasteiger partial charge in [0.1, 0.15) is 5.60 Å². The van der Waals surface area contributed by atoms with Crippen molar-refractivity contribution in [3.05, 3.63) is 0 Å². The Morgan fingerprint density at radius 3 is 2.44 bits per heavy atom. The zero-order valence-electron chi connectivity index (χ0n) is 11.8. The third-order valence-corrected chi connectivity index (χ3v) is 3.75. The number of carbonyl (C=O) groups is 1. The first-order chi connectivity index (χ1) is 8.42. The van der Waals surface area contributed by atoms with Gasteiger partial charge in [-0.25, -0.2) is 4.79 Å². The fourth-order valence-corrected chi connectivity index (χ4v) is 3.09. The molecule has 2 rings (SSSR count). The highest BCUT2D eigenvalue weighted by Gasteiger charge is 2.31. The molecule has 2 saturated heterocycles. The second-order valence-electron chi connectivity index (χ2n) is 6.71. The molecule has 2 aliphatic rings. The topological polar surface area (TPSA) is 50.4 Å². The van der Waals surface area contributed by atoms with Crippen LogP contribution in [0, 0.1) is 5.92 Å². The molecule has 2 fully saturated rings. The van der Waals surface area contributed by atoms with Crippen molar-refractivity contribution >= 4 is 6.09 Å². The van der Waals surface area contributed by atoms with E-state index < -0.39 is 5.60 Å². The van der Waals surface area contributed by atoms with Gasteiger partial charge in [-0.3, -0.25) is 0 Å². The summed E-state index contributed by atoms with van der Waals surface area (Å²) in [5.74, 6) is 0.606. The van der Waals surface area contributed by atoms with Crippen LogP contribution in [0.15, 0.2) is 0 Å². The quantitative estimate of drug-likeness (QED) is 0.795. The fourth-order valence-electron chi connectivity index (χ4n) is 3.09. The largest absolute Gasteiger partial charge is 0.444 e. The molecular formula is C14H26N2O2. The maximum atomic E-state index is 11.6. The summed E-state index contributed by atoms with van der Waals surface area (Å²) in [5.41, 5.74) is -0.408. The number of amides is 1. The Labute approximate surface area is 110 Å². The highest BCUT2D eigenvalue weighted by molar-refractivity contribution is 5.67. The Kier molecular flexibility index (Phi) is 4.15. The fraction of sp³-hybridized carbons (Fsp3) is 0.929. The van der Waals surface area contributed by atoms with Crippen molar-refractivity contribution < 1.29 is 9.53 Å². The summed E-state index contributed by atoms with van der Waals surface area (Å²) in [6, 6.07) is 1.34. The van der Waals surface area contributed by atoms with Crippen LogP contribution >= 0.6 is 0 Å². The molecule has 1 unspecified atom stereocenters. The van der Waals surface area contributed by atoms with Crippen molar-refractivity contribution in [3.63, 3.8) is 0 Å². The van der Waals surface area contributed by atoms with Crippen LogP contribution in [0.4, 0.5) is 4.79 Å². The van der Waals surface area contributed by atoms with E-state index in [0.29, 0.717) is 18.0 Å². The predicted molar refractivity (Wildman–Crippen MR) is 71.5 cm³/mol. The summed E-state index contributed by atoms with van der Waals surface area (Å²) in [6.45, 7) is 6.42. The van der Waals surface area contributed by atoms with E-state index in [2.05, 4.69) is 10.6 Å². The normalized spacial score (nSPS) is 31.8. The van der Waals surface area contributed by atoms with Crippen molar-refractivity contribution in [1.29, 1.82) is 0 Å². The van der Waals surface area contributed by atoms with Crippen LogP contribution in [0.25, 0.3) is 0 Å². The molecule has 104 valence electrons. The minimum atomic E-state index is -0.408. The van der Waals surface area contributed by atoms with Gasteiger partial charge in [0.25, 0.3) is 0 Å². The first-order valence-electron chi connectivity index (χ1n) is 7.15. The third kappa shape index (κ3) is 4.16. The van der Waals surface area contributed by atoms with Gasteiger partial charge < -0.3 is 15.4 Å². The van der Waals surface area contributed by atoms with E-state index in [4.69, 9.17) is 4.74 Å². The average Bonchev–Trinajstić information content (AvgIpc) is 2.23. The van der Waals surface area contributed by atoms with Crippen molar-refractivity contribution in [1.82, 2.24) is 10.6 Å². The molecule has 4 heteroatoms. The van der Waals surface area contributed by atoms with Gasteiger partial charge in [0.2, 0.25) is 0 Å². The average molecular weight is 254 g/mol. The minimum absolute atomic E-state index is 0.286. The van der Waals surface area contributed by atoms with Crippen LogP contribution in [0.5, 0.6) is 0 Å². The third-order valence-electron chi connectivity index (χ3n) is 3.75. The van der Waals surface area contributed by atoms with Crippen LogP contribution in [-0.4, -0.2) is 30.3 Å². The molecule has 3 atom stereocenters. The highest BCUT2D eigenvalue weighted by atomic mass is 16.6. The van der Waals surface area contributed by atoms with Crippen LogP contribution in [0.2, 0.25) is 0 Å². The number of nitrogens with one attached hydrogen (secondary N) is 2. The Morgan fingerprint density at radius 1 is 1.28 bits per heavy atom. The van der Waals surface area contributed by atoms with Crippen molar-refractivity contribution in [2.24, 2.45) is 5.92 Å². The number of carbonyl (C=O) groups excluding carboxylic acids is 1. The summed E-state index contributed by atoms with van der Waals surface area (Å²) in [7, 11) is 0. The molecule has 1 amide bonds. The summed E-state index contributed by atoms with van der Waals surface area (Å²) in [6.07, 6.45) is 6.03. The van der Waals surface area contributed by atoms with Crippen LogP contribution in [0.3, 0.4) is 0 Å². The molecule has 2 heterocycles. The van der Waals surface area contributed by atoms with E-state index >= 15 is 0 Å². The van der Waals surface area contributed by atoms with Crippen molar-refractivity contribution in [2.75, 3.05) is 6.54 Å².